The van der Waals surface area contributed by atoms with Gasteiger partial charge >= 0.3 is 5.97 Å². The van der Waals surface area contributed by atoms with E-state index in [1.54, 1.807) is 43.3 Å². The van der Waals surface area contributed by atoms with Crippen molar-refractivity contribution in [2.75, 3.05) is 6.61 Å². The zero-order valence-electron chi connectivity index (χ0n) is 13.1. The second-order valence-corrected chi connectivity index (χ2v) is 5.18. The lowest BCUT2D eigenvalue weighted by atomic mass is 9.93. The highest BCUT2D eigenvalue weighted by molar-refractivity contribution is 5.94. The molecule has 0 aromatic heterocycles. The van der Waals surface area contributed by atoms with Gasteiger partial charge in [0.05, 0.1) is 24.9 Å². The van der Waals surface area contributed by atoms with E-state index >= 15 is 0 Å². The predicted octanol–water partition coefficient (Wildman–Crippen LogP) is 2.10. The minimum Gasteiger partial charge on any atom is -0.466 e. The maximum absolute atomic E-state index is 12.4. The van der Waals surface area contributed by atoms with Gasteiger partial charge in [-0.2, -0.15) is 0 Å². The third-order valence-corrected chi connectivity index (χ3v) is 3.77. The summed E-state index contributed by atoms with van der Waals surface area (Å²) in [7, 11) is 0. The first kappa shape index (κ1) is 17.0. The number of hydrogen-bond acceptors (Lipinski definition) is 4. The van der Waals surface area contributed by atoms with Crippen molar-refractivity contribution in [2.45, 2.75) is 25.2 Å². The van der Waals surface area contributed by atoms with Gasteiger partial charge in [-0.15, -0.1) is 13.2 Å². The summed E-state index contributed by atoms with van der Waals surface area (Å²) < 4.78 is 10.9. The molecule has 1 heterocycles. The lowest BCUT2D eigenvalue weighted by Gasteiger charge is -2.22. The maximum atomic E-state index is 12.4. The number of carbonyl (C=O) groups excluding carboxylic acids is 2. The van der Waals surface area contributed by atoms with Crippen LogP contribution >= 0.6 is 0 Å². The monoisotopic (exact) mass is 315 g/mol. The molecule has 0 spiro atoms. The molecule has 5 nitrogen and oxygen atoms in total. The molecule has 0 radical (unpaired) electrons. The quantitative estimate of drug-likeness (QED) is 0.645. The van der Waals surface area contributed by atoms with Gasteiger partial charge in [0.25, 0.3) is 5.91 Å². The van der Waals surface area contributed by atoms with Crippen LogP contribution in [0.25, 0.3) is 0 Å². The third kappa shape index (κ3) is 3.68. The highest BCUT2D eigenvalue weighted by Crippen LogP contribution is 2.30. The Kier molecular flexibility index (Phi) is 5.71. The molecule has 122 valence electrons. The number of benzene rings is 1. The van der Waals surface area contributed by atoms with Crippen molar-refractivity contribution in [2.24, 2.45) is 5.92 Å². The molecule has 0 bridgehead atoms. The van der Waals surface area contributed by atoms with E-state index in [2.05, 4.69) is 18.5 Å². The smallest absolute Gasteiger partial charge is 0.314 e. The van der Waals surface area contributed by atoms with E-state index < -0.39 is 30.1 Å². The van der Waals surface area contributed by atoms with Crippen LogP contribution < -0.4 is 5.32 Å². The zero-order valence-corrected chi connectivity index (χ0v) is 13.1. The zero-order chi connectivity index (χ0) is 16.8. The predicted molar refractivity (Wildman–Crippen MR) is 86.9 cm³/mol. The fraction of sp³-hybridized carbons (Fsp3) is 0.333. The number of nitrogens with one attached hydrogen (secondary N) is 1. The Hall–Kier alpha value is -2.40. The molecule has 23 heavy (non-hydrogen) atoms. The molecule has 0 aliphatic carbocycles. The Bertz CT molecular complexity index is 584. The molecule has 0 unspecified atom stereocenters. The van der Waals surface area contributed by atoms with E-state index in [4.69, 9.17) is 9.47 Å². The van der Waals surface area contributed by atoms with E-state index in [9.17, 15) is 9.59 Å². The van der Waals surface area contributed by atoms with Crippen LogP contribution in [0, 0.1) is 5.92 Å². The normalized spacial score (nSPS) is 26.3. The highest BCUT2D eigenvalue weighted by Gasteiger charge is 2.47. The van der Waals surface area contributed by atoms with Gasteiger partial charge in [-0.1, -0.05) is 30.4 Å². The van der Waals surface area contributed by atoms with Crippen LogP contribution in [0.15, 0.2) is 55.6 Å². The van der Waals surface area contributed by atoms with E-state index in [0.29, 0.717) is 5.56 Å². The Morgan fingerprint density at radius 2 is 1.87 bits per heavy atom. The Labute approximate surface area is 136 Å². The van der Waals surface area contributed by atoms with E-state index in [0.717, 1.165) is 0 Å². The highest BCUT2D eigenvalue weighted by atomic mass is 16.5. The molecular formula is C18H21NO4. The van der Waals surface area contributed by atoms with Gasteiger partial charge < -0.3 is 14.8 Å². The number of hydrogen-bond donors (Lipinski definition) is 1. The second-order valence-electron chi connectivity index (χ2n) is 5.18. The Balaban J connectivity index is 2.23. The van der Waals surface area contributed by atoms with Gasteiger partial charge in [0.1, 0.15) is 5.92 Å². The van der Waals surface area contributed by atoms with Gasteiger partial charge in [-0.05, 0) is 19.1 Å². The first-order chi connectivity index (χ1) is 11.1. The molecule has 1 aliphatic heterocycles. The van der Waals surface area contributed by atoms with Crippen molar-refractivity contribution in [1.82, 2.24) is 5.32 Å². The molecule has 5 heteroatoms. The van der Waals surface area contributed by atoms with Crippen LogP contribution in [0.1, 0.15) is 17.3 Å². The molecule has 1 aliphatic rings. The maximum Gasteiger partial charge on any atom is 0.314 e. The molecule has 1 amide bonds. The van der Waals surface area contributed by atoms with Gasteiger partial charge in [0.2, 0.25) is 0 Å². The van der Waals surface area contributed by atoms with Crippen LogP contribution in [-0.4, -0.2) is 36.7 Å². The summed E-state index contributed by atoms with van der Waals surface area (Å²) in [6.07, 6.45) is 2.11. The first-order valence-corrected chi connectivity index (χ1v) is 7.55. The molecule has 4 atom stereocenters. The number of amides is 1. The average molecular weight is 315 g/mol. The molecule has 1 aromatic carbocycles. The van der Waals surface area contributed by atoms with Crippen molar-refractivity contribution in [3.63, 3.8) is 0 Å². The largest absolute Gasteiger partial charge is 0.466 e. The van der Waals surface area contributed by atoms with E-state index in [1.807, 2.05) is 6.07 Å². The summed E-state index contributed by atoms with van der Waals surface area (Å²) in [5.41, 5.74) is 0.514. The number of carbonyl (C=O) groups is 2. The number of rotatable bonds is 6. The van der Waals surface area contributed by atoms with Gasteiger partial charge in [-0.3, -0.25) is 9.59 Å². The van der Waals surface area contributed by atoms with Crippen LogP contribution in [-0.2, 0) is 14.3 Å². The van der Waals surface area contributed by atoms with E-state index in [1.165, 1.54) is 0 Å². The van der Waals surface area contributed by atoms with E-state index in [-0.39, 0.29) is 12.5 Å². The van der Waals surface area contributed by atoms with Gasteiger partial charge in [0, 0.05) is 5.56 Å². The van der Waals surface area contributed by atoms with Crippen molar-refractivity contribution < 1.29 is 19.1 Å². The average Bonchev–Trinajstić information content (AvgIpc) is 2.93. The topological polar surface area (TPSA) is 64.6 Å². The lowest BCUT2D eigenvalue weighted by Crippen LogP contribution is -2.47. The summed E-state index contributed by atoms with van der Waals surface area (Å²) in [4.78, 5) is 24.7. The van der Waals surface area contributed by atoms with Crippen LogP contribution in [0.3, 0.4) is 0 Å². The summed E-state index contributed by atoms with van der Waals surface area (Å²) >= 11 is 0. The lowest BCUT2D eigenvalue weighted by molar-refractivity contribution is -0.149. The standard InChI is InChI=1S/C18H21NO4/c1-4-13-15(18(21)22-6-3)16(14(5-2)23-13)19-17(20)12-10-8-7-9-11-12/h4-5,7-11,13-16H,1-2,6H2,3H3,(H,19,20)/t13-,14+,15-,16+/m0/s1. The van der Waals surface area contributed by atoms with Crippen LogP contribution in [0.4, 0.5) is 0 Å². The molecule has 1 N–H and O–H groups in total. The second kappa shape index (κ2) is 7.74. The number of esters is 1. The SMILES string of the molecule is C=C[C@@H]1O[C@H](C=C)[C@@H](NC(=O)c2ccccc2)[C@H]1C(=O)OCC. The minimum atomic E-state index is -0.650. The van der Waals surface area contributed by atoms with Gasteiger partial charge in [0.15, 0.2) is 0 Å². The molecular weight excluding hydrogens is 294 g/mol. The third-order valence-electron chi connectivity index (χ3n) is 3.77. The van der Waals surface area contributed by atoms with Gasteiger partial charge in [-0.25, -0.2) is 0 Å². The Morgan fingerprint density at radius 3 is 2.43 bits per heavy atom. The summed E-state index contributed by atoms with van der Waals surface area (Å²) in [5, 5.41) is 2.87. The fourth-order valence-electron chi connectivity index (χ4n) is 2.68. The molecule has 1 fully saturated rings. The summed E-state index contributed by atoms with van der Waals surface area (Å²) in [5.74, 6) is -1.34. The molecule has 1 aromatic rings. The Morgan fingerprint density at radius 1 is 1.22 bits per heavy atom. The number of ether oxygens (including phenoxy) is 2. The van der Waals surface area contributed by atoms with Crippen molar-refractivity contribution in [1.29, 1.82) is 0 Å². The molecule has 0 saturated carbocycles. The van der Waals surface area contributed by atoms with Crippen molar-refractivity contribution in [3.8, 4) is 0 Å². The molecule has 2 rings (SSSR count). The van der Waals surface area contributed by atoms with Crippen molar-refractivity contribution >= 4 is 11.9 Å². The van der Waals surface area contributed by atoms with Crippen LogP contribution in [0.2, 0.25) is 0 Å². The summed E-state index contributed by atoms with van der Waals surface area (Å²) in [6, 6.07) is 8.25. The van der Waals surface area contributed by atoms with Crippen molar-refractivity contribution in [3.05, 3.63) is 61.2 Å². The minimum absolute atomic E-state index is 0.261. The fourth-order valence-corrected chi connectivity index (χ4v) is 2.68. The van der Waals surface area contributed by atoms with Crippen LogP contribution in [0.5, 0.6) is 0 Å². The molecule has 1 saturated heterocycles. The first-order valence-electron chi connectivity index (χ1n) is 7.55. The summed E-state index contributed by atoms with van der Waals surface area (Å²) in [6.45, 7) is 9.41.